The average molecular weight is 640 g/mol. The molecule has 2 aromatic heterocycles. The number of carbonyl (C=O) groups excluding carboxylic acids is 3. The molecule has 0 atom stereocenters. The Bertz CT molecular complexity index is 1220. The predicted molar refractivity (Wildman–Crippen MR) is 162 cm³/mol. The van der Waals surface area contributed by atoms with Gasteiger partial charge < -0.3 is 14.2 Å². The first-order valence-electron chi connectivity index (χ1n) is 14.2. The molecule has 2 aromatic rings. The van der Waals surface area contributed by atoms with Gasteiger partial charge in [-0.2, -0.15) is 15.4 Å². The van der Waals surface area contributed by atoms with E-state index >= 15 is 0 Å². The van der Waals surface area contributed by atoms with E-state index in [9.17, 15) is 14.4 Å². The lowest BCUT2D eigenvalue weighted by Crippen LogP contribution is -2.24. The largest absolute Gasteiger partial charge is 0.459 e. The lowest BCUT2D eigenvalue weighted by molar-refractivity contribution is -0.157. The summed E-state index contributed by atoms with van der Waals surface area (Å²) >= 11 is 5.16. The molecule has 0 unspecified atom stereocenters. The van der Waals surface area contributed by atoms with Crippen LogP contribution >= 0.6 is 11.6 Å². The summed E-state index contributed by atoms with van der Waals surface area (Å²) in [6.45, 7) is 15.9. The van der Waals surface area contributed by atoms with Crippen LogP contribution in [0.1, 0.15) is 111 Å². The summed E-state index contributed by atoms with van der Waals surface area (Å²) in [7, 11) is 0. The number of halogens is 1. The summed E-state index contributed by atoms with van der Waals surface area (Å²) in [5.41, 5.74) is 8.54. The van der Waals surface area contributed by atoms with Crippen molar-refractivity contribution in [3.63, 3.8) is 0 Å². The number of nitrogens with one attached hydrogen (secondary N) is 1. The van der Waals surface area contributed by atoms with E-state index in [2.05, 4.69) is 45.2 Å². The van der Waals surface area contributed by atoms with Gasteiger partial charge in [0.15, 0.2) is 19.5 Å². The van der Waals surface area contributed by atoms with Crippen molar-refractivity contribution in [1.82, 2.24) is 30.4 Å². The molecule has 0 radical (unpaired) electrons. The molecule has 2 heterocycles. The zero-order valence-electron chi connectivity index (χ0n) is 27.2. The maximum atomic E-state index is 11.5. The Balaban J connectivity index is 0.000000306. The zero-order valence-corrected chi connectivity index (χ0v) is 27.9. The van der Waals surface area contributed by atoms with Crippen molar-refractivity contribution in [2.24, 2.45) is 21.4 Å². The fourth-order valence-corrected chi connectivity index (χ4v) is 2.77. The Labute approximate surface area is 263 Å². The molecular weight excluding hydrogens is 594 g/mol. The summed E-state index contributed by atoms with van der Waals surface area (Å²) < 4.78 is 15.8. The van der Waals surface area contributed by atoms with E-state index in [0.29, 0.717) is 5.92 Å². The van der Waals surface area contributed by atoms with Gasteiger partial charge in [0.2, 0.25) is 0 Å². The minimum Gasteiger partial charge on any atom is -0.459 e. The van der Waals surface area contributed by atoms with Crippen molar-refractivity contribution < 1.29 is 28.6 Å². The number of alkyl halides is 1. The number of esters is 3. The van der Waals surface area contributed by atoms with Crippen LogP contribution in [0.25, 0.3) is 10.4 Å². The monoisotopic (exact) mass is 639 g/mol. The summed E-state index contributed by atoms with van der Waals surface area (Å²) in [6, 6.07) is -0.0594. The maximum Gasteiger partial charge on any atom is 0.313 e. The van der Waals surface area contributed by atoms with Crippen LogP contribution in [0, 0.1) is 16.2 Å². The second-order valence-electron chi connectivity index (χ2n) is 13.3. The van der Waals surface area contributed by atoms with E-state index in [-0.39, 0.29) is 37.4 Å². The molecule has 2 aliphatic rings. The van der Waals surface area contributed by atoms with Gasteiger partial charge in [-0.1, -0.05) is 21.9 Å². The molecule has 0 aliphatic heterocycles. The minimum atomic E-state index is -0.537. The molecule has 1 N–H and O–H groups in total. The van der Waals surface area contributed by atoms with Gasteiger partial charge in [-0.25, -0.2) is 4.68 Å². The highest BCUT2D eigenvalue weighted by molar-refractivity contribution is 6.17. The van der Waals surface area contributed by atoms with Crippen LogP contribution in [-0.2, 0) is 35.3 Å². The number of hydrogen-bond acceptors (Lipinski definition) is 11. The van der Waals surface area contributed by atoms with Crippen molar-refractivity contribution in [3.05, 3.63) is 34.2 Å². The first-order valence-corrected chi connectivity index (χ1v) is 14.8. The summed E-state index contributed by atoms with van der Waals surface area (Å²) in [5, 5.41) is 21.3. The normalized spacial score (nSPS) is 14.1. The van der Waals surface area contributed by atoms with Gasteiger partial charge in [-0.3, -0.25) is 14.4 Å². The smallest absolute Gasteiger partial charge is 0.313 e. The number of aromatic amines is 1. The van der Waals surface area contributed by atoms with E-state index in [4.69, 9.17) is 21.9 Å². The molecule has 16 heteroatoms. The Kier molecular flexibility index (Phi) is 15.3. The van der Waals surface area contributed by atoms with Gasteiger partial charge >= 0.3 is 17.9 Å². The highest BCUT2D eigenvalue weighted by Crippen LogP contribution is 2.38. The van der Waals surface area contributed by atoms with Crippen molar-refractivity contribution in [2.45, 2.75) is 107 Å². The van der Waals surface area contributed by atoms with Crippen LogP contribution in [0.2, 0.25) is 0 Å². The van der Waals surface area contributed by atoms with E-state index < -0.39 is 16.2 Å². The third-order valence-corrected chi connectivity index (χ3v) is 5.76. The van der Waals surface area contributed by atoms with Crippen molar-refractivity contribution in [2.75, 3.05) is 12.8 Å². The molecule has 44 heavy (non-hydrogen) atoms. The van der Waals surface area contributed by atoms with Crippen molar-refractivity contribution in [1.29, 1.82) is 0 Å². The number of aromatic nitrogens is 6. The molecule has 2 fully saturated rings. The average Bonchev–Trinajstić information content (AvgIpc) is 3.86. The van der Waals surface area contributed by atoms with Gasteiger partial charge in [0.25, 0.3) is 0 Å². The number of carbonyl (C=O) groups is 3. The van der Waals surface area contributed by atoms with E-state index in [1.165, 1.54) is 25.7 Å². The molecule has 0 spiro atoms. The first kappa shape index (κ1) is 38.3. The Morgan fingerprint density at radius 1 is 0.909 bits per heavy atom. The molecule has 2 saturated carbocycles. The second kappa shape index (κ2) is 17.6. The molecular formula is C28H46ClN9O6. The van der Waals surface area contributed by atoms with Crippen LogP contribution in [-0.4, -0.2) is 61.1 Å². The zero-order chi connectivity index (χ0) is 33.6. The van der Waals surface area contributed by atoms with Crippen LogP contribution in [0.4, 0.5) is 0 Å². The molecule has 0 aromatic carbocycles. The molecule has 0 amide bonds. The number of rotatable bonds is 7. The third-order valence-electron chi connectivity index (χ3n) is 5.65. The van der Waals surface area contributed by atoms with Crippen molar-refractivity contribution in [3.8, 4) is 0 Å². The molecule has 4 rings (SSSR count). The fourth-order valence-electron chi connectivity index (χ4n) is 2.67. The van der Waals surface area contributed by atoms with Gasteiger partial charge in [0, 0.05) is 16.7 Å². The molecule has 2 aliphatic carbocycles. The summed E-state index contributed by atoms with van der Waals surface area (Å²) in [6.07, 6.45) is 8.64. The Hall–Kier alpha value is -3.71. The number of nitrogens with zero attached hydrogens (tertiary/aromatic N) is 8. The molecule has 15 nitrogen and oxygen atoms in total. The third kappa shape index (κ3) is 16.2. The standard InChI is InChI=1S/C11H17N3O2.C6H11ClO2.C6H11N3O2.C5H7N3/c1-11(2,3)10(15)16-7-14-6-9(12-13-14)8-4-5-8;1-6(2,3)5(8)9-4-7;1-6(2,3)5(10)11-4-8-9-7;1-2-4(1)5-3-6-8-7-5/h6,8H,4-5,7H2,1-3H3;4H2,1-3H3;4H2,1-3H3;3-4H,1-2H2,(H,6,7,8). The summed E-state index contributed by atoms with van der Waals surface area (Å²) in [4.78, 5) is 35.6. The molecule has 0 bridgehead atoms. The summed E-state index contributed by atoms with van der Waals surface area (Å²) in [5.74, 6) is 0.444. The second-order valence-corrected chi connectivity index (χ2v) is 13.5. The maximum absolute atomic E-state index is 11.5. The topological polar surface area (TPSA) is 200 Å². The van der Waals surface area contributed by atoms with E-state index in [0.717, 1.165) is 17.3 Å². The van der Waals surface area contributed by atoms with Crippen molar-refractivity contribution >= 4 is 29.5 Å². The minimum absolute atomic E-state index is 0.0594. The lowest BCUT2D eigenvalue weighted by atomic mass is 9.97. The lowest BCUT2D eigenvalue weighted by Gasteiger charge is -2.15. The highest BCUT2D eigenvalue weighted by Gasteiger charge is 2.28. The van der Waals surface area contributed by atoms with Gasteiger partial charge in [0.1, 0.15) is 0 Å². The first-order chi connectivity index (χ1) is 20.4. The van der Waals surface area contributed by atoms with E-state index in [1.807, 2.05) is 27.0 Å². The molecule has 246 valence electrons. The predicted octanol–water partition coefficient (Wildman–Crippen LogP) is 6.00. The SMILES string of the molecule is CC(C)(C)C(=O)OCCl.CC(C)(C)C(=O)OCN=[N+]=[N-].CC(C)(C)C(=O)OCn1cc(C2CC2)nn1.c1n[nH]nc1C1CC1. The Morgan fingerprint density at radius 2 is 1.41 bits per heavy atom. The highest BCUT2D eigenvalue weighted by atomic mass is 35.5. The van der Waals surface area contributed by atoms with Gasteiger partial charge in [-0.15, -0.1) is 5.10 Å². The van der Waals surface area contributed by atoms with E-state index in [1.54, 1.807) is 52.4 Å². The quantitative estimate of drug-likeness (QED) is 0.0935. The number of H-pyrrole nitrogens is 1. The number of hydrogen-bond donors (Lipinski definition) is 1. The Morgan fingerprint density at radius 3 is 1.82 bits per heavy atom. The fraction of sp³-hybridized carbons (Fsp3) is 0.750. The van der Waals surface area contributed by atoms with Crippen LogP contribution in [0.5, 0.6) is 0 Å². The van der Waals surface area contributed by atoms with Gasteiger partial charge in [0.05, 0.1) is 40.0 Å². The number of azide groups is 1. The van der Waals surface area contributed by atoms with Crippen LogP contribution < -0.4 is 0 Å². The number of ether oxygens (including phenoxy) is 3. The van der Waals surface area contributed by atoms with Crippen LogP contribution in [0.15, 0.2) is 17.5 Å². The van der Waals surface area contributed by atoms with Crippen LogP contribution in [0.3, 0.4) is 0 Å². The van der Waals surface area contributed by atoms with Gasteiger partial charge in [-0.05, 0) is 93.5 Å². The molecule has 0 saturated heterocycles.